The molecule has 0 aromatic carbocycles. The van der Waals surface area contributed by atoms with E-state index in [-0.39, 0.29) is 23.9 Å². The van der Waals surface area contributed by atoms with E-state index in [0.29, 0.717) is 24.5 Å². The molecule has 1 fully saturated rings. The molecular weight excluding hydrogens is 269 g/mol. The van der Waals surface area contributed by atoms with E-state index >= 15 is 0 Å². The van der Waals surface area contributed by atoms with Gasteiger partial charge in [0.1, 0.15) is 0 Å². The third kappa shape index (κ3) is 4.38. The van der Waals surface area contributed by atoms with Crippen LogP contribution in [-0.2, 0) is 6.54 Å². The van der Waals surface area contributed by atoms with Gasteiger partial charge in [-0.05, 0) is 45.6 Å². The van der Waals surface area contributed by atoms with Crippen molar-refractivity contribution in [2.75, 3.05) is 24.6 Å². The van der Waals surface area contributed by atoms with Gasteiger partial charge in [0.15, 0.2) is 11.6 Å². The third-order valence-electron chi connectivity index (χ3n) is 3.84. The van der Waals surface area contributed by atoms with E-state index in [2.05, 4.69) is 31.1 Å². The van der Waals surface area contributed by atoms with Crippen LogP contribution in [0.2, 0.25) is 0 Å². The molecule has 118 valence electrons. The summed E-state index contributed by atoms with van der Waals surface area (Å²) in [4.78, 5) is 6.18. The Hall–Kier alpha value is -1.20. The standard InChI is InChI=1S/C16H26FN3O/c1-16(2,3)19-9-13-6-7-18-15(14(13)17)20-8-4-5-12(10-20)11-21/h6-7,12,19,21H,4-5,8-11H2,1-3H3. The monoisotopic (exact) mass is 295 g/mol. The minimum atomic E-state index is -0.243. The molecule has 1 saturated heterocycles. The van der Waals surface area contributed by atoms with E-state index in [9.17, 15) is 9.50 Å². The van der Waals surface area contributed by atoms with Crippen molar-refractivity contribution in [3.05, 3.63) is 23.6 Å². The molecule has 1 aromatic rings. The predicted octanol–water partition coefficient (Wildman–Crippen LogP) is 2.32. The molecule has 4 nitrogen and oxygen atoms in total. The molecule has 1 aliphatic rings. The number of nitrogens with one attached hydrogen (secondary N) is 1. The molecule has 0 amide bonds. The lowest BCUT2D eigenvalue weighted by Crippen LogP contribution is -2.38. The summed E-state index contributed by atoms with van der Waals surface area (Å²) in [7, 11) is 0. The minimum absolute atomic E-state index is 0.0526. The van der Waals surface area contributed by atoms with E-state index < -0.39 is 0 Å². The topological polar surface area (TPSA) is 48.4 Å². The number of hydrogen-bond donors (Lipinski definition) is 2. The lowest BCUT2D eigenvalue weighted by Gasteiger charge is -2.33. The summed E-state index contributed by atoms with van der Waals surface area (Å²) in [6.45, 7) is 8.30. The van der Waals surface area contributed by atoms with Gasteiger partial charge in [-0.25, -0.2) is 9.37 Å². The molecule has 0 saturated carbocycles. The highest BCUT2D eigenvalue weighted by Crippen LogP contribution is 2.25. The number of aromatic nitrogens is 1. The molecule has 1 atom stereocenters. The molecule has 21 heavy (non-hydrogen) atoms. The van der Waals surface area contributed by atoms with Gasteiger partial charge in [0.25, 0.3) is 0 Å². The first kappa shape index (κ1) is 16.2. The van der Waals surface area contributed by atoms with Crippen LogP contribution in [0.5, 0.6) is 0 Å². The average Bonchev–Trinajstić information content (AvgIpc) is 2.45. The van der Waals surface area contributed by atoms with Gasteiger partial charge in [-0.1, -0.05) is 0 Å². The van der Waals surface area contributed by atoms with E-state index in [1.165, 1.54) is 0 Å². The molecule has 2 heterocycles. The van der Waals surface area contributed by atoms with Gasteiger partial charge in [0.05, 0.1) is 0 Å². The second-order valence-corrected chi connectivity index (χ2v) is 6.85. The highest BCUT2D eigenvalue weighted by atomic mass is 19.1. The Morgan fingerprint density at radius 3 is 2.90 bits per heavy atom. The van der Waals surface area contributed by atoms with E-state index in [4.69, 9.17) is 0 Å². The highest BCUT2D eigenvalue weighted by Gasteiger charge is 2.23. The zero-order valence-electron chi connectivity index (χ0n) is 13.2. The van der Waals surface area contributed by atoms with Crippen LogP contribution < -0.4 is 10.2 Å². The predicted molar refractivity (Wildman–Crippen MR) is 82.8 cm³/mol. The SMILES string of the molecule is CC(C)(C)NCc1ccnc(N2CCCC(CO)C2)c1F. The van der Waals surface area contributed by atoms with Crippen LogP contribution in [0, 0.1) is 11.7 Å². The fourth-order valence-electron chi connectivity index (χ4n) is 2.60. The molecule has 0 aliphatic carbocycles. The third-order valence-corrected chi connectivity index (χ3v) is 3.84. The van der Waals surface area contributed by atoms with Crippen LogP contribution in [0.25, 0.3) is 0 Å². The van der Waals surface area contributed by atoms with Crippen LogP contribution in [0.4, 0.5) is 10.2 Å². The fourth-order valence-corrected chi connectivity index (χ4v) is 2.60. The maximum atomic E-state index is 14.7. The Morgan fingerprint density at radius 2 is 2.24 bits per heavy atom. The Balaban J connectivity index is 2.13. The minimum Gasteiger partial charge on any atom is -0.396 e. The van der Waals surface area contributed by atoms with Gasteiger partial charge in [-0.15, -0.1) is 0 Å². The van der Waals surface area contributed by atoms with Crippen LogP contribution >= 0.6 is 0 Å². The number of halogens is 1. The average molecular weight is 295 g/mol. The summed E-state index contributed by atoms with van der Waals surface area (Å²) in [5, 5.41) is 12.6. The van der Waals surface area contributed by atoms with Gasteiger partial charge in [0, 0.05) is 43.5 Å². The van der Waals surface area contributed by atoms with Crippen molar-refractivity contribution < 1.29 is 9.50 Å². The van der Waals surface area contributed by atoms with Crippen LogP contribution in [0.3, 0.4) is 0 Å². The summed E-state index contributed by atoms with van der Waals surface area (Å²) in [6, 6.07) is 1.73. The number of nitrogens with zero attached hydrogens (tertiary/aromatic N) is 2. The highest BCUT2D eigenvalue weighted by molar-refractivity contribution is 5.43. The summed E-state index contributed by atoms with van der Waals surface area (Å²) in [5.74, 6) is 0.394. The molecular formula is C16H26FN3O. The molecule has 2 N–H and O–H groups in total. The van der Waals surface area contributed by atoms with Crippen molar-refractivity contribution in [1.82, 2.24) is 10.3 Å². The number of pyridine rings is 1. The Labute approximate surface area is 126 Å². The number of piperidine rings is 1. The normalized spacial score (nSPS) is 19.9. The molecule has 1 aromatic heterocycles. The second-order valence-electron chi connectivity index (χ2n) is 6.85. The van der Waals surface area contributed by atoms with Crippen molar-refractivity contribution >= 4 is 5.82 Å². The van der Waals surface area contributed by atoms with E-state index in [0.717, 1.165) is 19.4 Å². The van der Waals surface area contributed by atoms with Crippen molar-refractivity contribution in [3.8, 4) is 0 Å². The first-order valence-corrected chi connectivity index (χ1v) is 7.65. The zero-order valence-corrected chi connectivity index (χ0v) is 13.2. The van der Waals surface area contributed by atoms with Gasteiger partial charge in [-0.2, -0.15) is 0 Å². The molecule has 0 spiro atoms. The summed E-state index contributed by atoms with van der Waals surface area (Å²) in [6.07, 6.45) is 3.64. The van der Waals surface area contributed by atoms with Gasteiger partial charge < -0.3 is 15.3 Å². The number of rotatable bonds is 4. The number of aliphatic hydroxyl groups is 1. The lowest BCUT2D eigenvalue weighted by atomic mass is 9.99. The van der Waals surface area contributed by atoms with Gasteiger partial charge >= 0.3 is 0 Å². The lowest BCUT2D eigenvalue weighted by molar-refractivity contribution is 0.208. The number of anilines is 1. The molecule has 1 unspecified atom stereocenters. The first-order chi connectivity index (χ1) is 9.90. The van der Waals surface area contributed by atoms with Crippen molar-refractivity contribution in [1.29, 1.82) is 0 Å². The van der Waals surface area contributed by atoms with Crippen LogP contribution in [0.15, 0.2) is 12.3 Å². The van der Waals surface area contributed by atoms with E-state index in [1.54, 1.807) is 12.3 Å². The maximum absolute atomic E-state index is 14.7. The Bertz CT molecular complexity index is 473. The van der Waals surface area contributed by atoms with Crippen molar-refractivity contribution in [2.24, 2.45) is 5.92 Å². The molecule has 0 bridgehead atoms. The van der Waals surface area contributed by atoms with Crippen molar-refractivity contribution in [2.45, 2.75) is 45.7 Å². The molecule has 2 rings (SSSR count). The summed E-state index contributed by atoms with van der Waals surface area (Å²) in [5.41, 5.74) is 0.587. The smallest absolute Gasteiger partial charge is 0.170 e. The van der Waals surface area contributed by atoms with Gasteiger partial charge in [-0.3, -0.25) is 0 Å². The zero-order chi connectivity index (χ0) is 15.5. The number of aliphatic hydroxyl groups excluding tert-OH is 1. The van der Waals surface area contributed by atoms with Crippen LogP contribution in [0.1, 0.15) is 39.2 Å². The van der Waals surface area contributed by atoms with E-state index in [1.807, 2.05) is 4.90 Å². The first-order valence-electron chi connectivity index (χ1n) is 7.65. The molecule has 5 heteroatoms. The largest absolute Gasteiger partial charge is 0.396 e. The van der Waals surface area contributed by atoms with Gasteiger partial charge in [0.2, 0.25) is 0 Å². The Kier molecular flexibility index (Phi) is 5.17. The quantitative estimate of drug-likeness (QED) is 0.895. The Morgan fingerprint density at radius 1 is 1.48 bits per heavy atom. The second kappa shape index (κ2) is 6.71. The maximum Gasteiger partial charge on any atom is 0.170 e. The fraction of sp³-hybridized carbons (Fsp3) is 0.688. The van der Waals surface area contributed by atoms with Crippen LogP contribution in [-0.4, -0.2) is 35.3 Å². The summed E-state index contributed by atoms with van der Waals surface area (Å²) >= 11 is 0. The molecule has 0 radical (unpaired) electrons. The number of hydrogen-bond acceptors (Lipinski definition) is 4. The van der Waals surface area contributed by atoms with Crippen molar-refractivity contribution in [3.63, 3.8) is 0 Å². The summed E-state index contributed by atoms with van der Waals surface area (Å²) < 4.78 is 14.7. The molecule has 1 aliphatic heterocycles.